The van der Waals surface area contributed by atoms with Crippen molar-refractivity contribution in [3.8, 4) is 0 Å². The highest BCUT2D eigenvalue weighted by Gasteiger charge is 2.64. The summed E-state index contributed by atoms with van der Waals surface area (Å²) in [5.74, 6) is 0.990. The lowest BCUT2D eigenvalue weighted by atomic mass is 9.87. The van der Waals surface area contributed by atoms with Gasteiger partial charge in [-0.15, -0.1) is 11.8 Å². The number of thioether (sulfide) groups is 1. The molecule has 2 atom stereocenters. The third-order valence-electron chi connectivity index (χ3n) is 7.12. The second kappa shape index (κ2) is 9.15. The van der Waals surface area contributed by atoms with Crippen LogP contribution in [-0.2, 0) is 22.7 Å². The molecule has 9 nitrogen and oxygen atoms in total. The average molecular weight is 464 g/mol. The Labute approximate surface area is 192 Å². The number of aliphatic hydroxyl groups excluding tert-OH is 1. The number of Topliss-reactive ketones (excluding diaryl/α,β-unsaturated/α-hetero) is 1. The molecule has 1 unspecified atom stereocenters. The van der Waals surface area contributed by atoms with Gasteiger partial charge in [0.2, 0.25) is 0 Å². The van der Waals surface area contributed by atoms with Crippen LogP contribution in [0.4, 0.5) is 0 Å². The molecule has 10 heteroatoms. The van der Waals surface area contributed by atoms with Gasteiger partial charge in [0, 0.05) is 42.5 Å². The Balaban J connectivity index is 1.29. The summed E-state index contributed by atoms with van der Waals surface area (Å²) in [7, 11) is 0. The number of piperidine rings is 1. The molecule has 0 saturated carbocycles. The van der Waals surface area contributed by atoms with Crippen LogP contribution >= 0.6 is 11.8 Å². The van der Waals surface area contributed by atoms with Gasteiger partial charge in [-0.05, 0) is 45.4 Å². The van der Waals surface area contributed by atoms with E-state index >= 15 is 0 Å². The first kappa shape index (κ1) is 23.3. The summed E-state index contributed by atoms with van der Waals surface area (Å²) in [4.78, 5) is 37.2. The molecule has 0 aliphatic carbocycles. The number of hydrogen-bond acceptors (Lipinski definition) is 7. The molecule has 4 heterocycles. The van der Waals surface area contributed by atoms with E-state index < -0.39 is 22.4 Å². The van der Waals surface area contributed by atoms with Gasteiger partial charge in [-0.3, -0.25) is 14.5 Å². The van der Waals surface area contributed by atoms with Crippen molar-refractivity contribution in [3.63, 3.8) is 0 Å². The van der Waals surface area contributed by atoms with E-state index in [4.69, 9.17) is 0 Å². The van der Waals surface area contributed by atoms with Crippen molar-refractivity contribution in [1.29, 1.82) is 0 Å². The van der Waals surface area contributed by atoms with Gasteiger partial charge >= 0.3 is 5.97 Å². The topological polar surface area (TPSA) is 111 Å². The number of carbonyl (C=O) groups is 2. The van der Waals surface area contributed by atoms with Crippen LogP contribution in [0.1, 0.15) is 45.4 Å². The van der Waals surface area contributed by atoms with Gasteiger partial charge in [0.25, 0.3) is 0 Å². The molecule has 176 valence electrons. The Morgan fingerprint density at radius 3 is 2.78 bits per heavy atom. The van der Waals surface area contributed by atoms with E-state index in [1.807, 2.05) is 24.6 Å². The SMILES string of the molecule is CC1(C)SCC2(N=CN3CCC(CCCn4ccnc4CO)CC3)C(=O)CN2[C@H]1C(=O)O. The quantitative estimate of drug-likeness (QED) is 0.440. The van der Waals surface area contributed by atoms with Crippen LogP contribution in [0, 0.1) is 5.92 Å². The van der Waals surface area contributed by atoms with Gasteiger partial charge in [0.15, 0.2) is 11.4 Å². The Hall–Kier alpha value is -1.91. The number of carboxylic acid groups (broad SMARTS) is 1. The Bertz CT molecular complexity index is 879. The third-order valence-corrected chi connectivity index (χ3v) is 8.64. The lowest BCUT2D eigenvalue weighted by Crippen LogP contribution is -2.78. The fraction of sp³-hybridized carbons (Fsp3) is 0.727. The zero-order chi connectivity index (χ0) is 22.9. The Kier molecular flexibility index (Phi) is 6.65. The summed E-state index contributed by atoms with van der Waals surface area (Å²) < 4.78 is 1.55. The summed E-state index contributed by atoms with van der Waals surface area (Å²) in [5.41, 5.74) is -1.02. The number of ketones is 1. The molecule has 3 fully saturated rings. The first-order valence-corrected chi connectivity index (χ1v) is 12.3. The smallest absolute Gasteiger partial charge is 0.322 e. The van der Waals surface area contributed by atoms with Crippen LogP contribution in [0.3, 0.4) is 0 Å². The molecule has 2 N–H and O–H groups in total. The highest BCUT2D eigenvalue weighted by Crippen LogP contribution is 2.48. The number of imidazole rings is 1. The standard InChI is InChI=1S/C22H33N5O4S/c1-21(2)19(20(30)31)27-12-17(29)22(27,14-32-21)24-15-25-9-5-16(6-10-25)4-3-8-26-11-7-23-18(26)13-28/h7,11,15-16,19,28H,3-6,8-10,12-14H2,1-2H3,(H,30,31)/t19-,22?/m0/s1. The lowest BCUT2D eigenvalue weighted by Gasteiger charge is -2.58. The van der Waals surface area contributed by atoms with E-state index in [1.54, 1.807) is 17.4 Å². The molecule has 0 amide bonds. The number of aliphatic imine (C=N–C) groups is 1. The van der Waals surface area contributed by atoms with Crippen molar-refractivity contribution in [3.05, 3.63) is 18.2 Å². The van der Waals surface area contributed by atoms with Gasteiger partial charge in [0.1, 0.15) is 18.5 Å². The van der Waals surface area contributed by atoms with Crippen molar-refractivity contribution in [1.82, 2.24) is 19.4 Å². The molecule has 3 aliphatic rings. The second-order valence-corrected chi connectivity index (χ2v) is 11.2. The molecular formula is C22H33N5O4S. The lowest BCUT2D eigenvalue weighted by molar-refractivity contribution is -0.163. The number of fused-ring (bicyclic) bond motifs is 1. The van der Waals surface area contributed by atoms with Crippen molar-refractivity contribution in [2.24, 2.45) is 10.9 Å². The summed E-state index contributed by atoms with van der Waals surface area (Å²) in [6.07, 6.45) is 9.77. The molecule has 1 aromatic rings. The predicted molar refractivity (Wildman–Crippen MR) is 123 cm³/mol. The summed E-state index contributed by atoms with van der Waals surface area (Å²) >= 11 is 1.52. The number of aryl methyl sites for hydroxylation is 1. The number of aliphatic hydroxyl groups is 1. The number of rotatable bonds is 8. The van der Waals surface area contributed by atoms with Crippen LogP contribution < -0.4 is 0 Å². The van der Waals surface area contributed by atoms with E-state index in [1.165, 1.54) is 11.8 Å². The van der Waals surface area contributed by atoms with Gasteiger partial charge in [-0.1, -0.05) is 0 Å². The summed E-state index contributed by atoms with van der Waals surface area (Å²) in [6.45, 7) is 6.64. The van der Waals surface area contributed by atoms with E-state index in [2.05, 4.69) is 14.9 Å². The number of carboxylic acids is 1. The van der Waals surface area contributed by atoms with Crippen LogP contribution in [0.15, 0.2) is 17.4 Å². The molecule has 0 aromatic carbocycles. The minimum absolute atomic E-state index is 0.0136. The van der Waals surface area contributed by atoms with Gasteiger partial charge in [-0.25, -0.2) is 9.98 Å². The highest BCUT2D eigenvalue weighted by molar-refractivity contribution is 8.00. The third kappa shape index (κ3) is 4.32. The van der Waals surface area contributed by atoms with E-state index in [9.17, 15) is 19.8 Å². The number of aliphatic carboxylic acids is 1. The largest absolute Gasteiger partial charge is 0.480 e. The first-order valence-electron chi connectivity index (χ1n) is 11.3. The molecule has 3 saturated heterocycles. The molecule has 3 aliphatic heterocycles. The number of nitrogens with zero attached hydrogens (tertiary/aromatic N) is 5. The Morgan fingerprint density at radius 2 is 2.12 bits per heavy atom. The number of likely N-dealkylation sites (tertiary alicyclic amines) is 1. The van der Waals surface area contributed by atoms with E-state index in [-0.39, 0.29) is 18.9 Å². The number of carbonyl (C=O) groups excluding carboxylic acids is 1. The maximum absolute atomic E-state index is 12.5. The molecule has 1 aromatic heterocycles. The monoisotopic (exact) mass is 463 g/mol. The normalized spacial score (nSPS) is 28.7. The molecule has 0 spiro atoms. The number of aromatic nitrogens is 2. The summed E-state index contributed by atoms with van der Waals surface area (Å²) in [5, 5.41) is 19.1. The zero-order valence-corrected chi connectivity index (χ0v) is 19.6. The molecule has 4 rings (SSSR count). The van der Waals surface area contributed by atoms with Gasteiger partial charge in [-0.2, -0.15) is 0 Å². The van der Waals surface area contributed by atoms with E-state index in [0.29, 0.717) is 17.5 Å². The highest BCUT2D eigenvalue weighted by atomic mass is 32.2. The minimum atomic E-state index is -1.02. The first-order chi connectivity index (χ1) is 15.3. The van der Waals surface area contributed by atoms with Gasteiger partial charge in [0.05, 0.1) is 12.9 Å². The minimum Gasteiger partial charge on any atom is -0.480 e. The zero-order valence-electron chi connectivity index (χ0n) is 18.8. The van der Waals surface area contributed by atoms with Crippen molar-refractivity contribution in [2.75, 3.05) is 25.4 Å². The fourth-order valence-electron chi connectivity index (χ4n) is 5.08. The van der Waals surface area contributed by atoms with Crippen LogP contribution in [-0.4, -0.2) is 89.5 Å². The molecule has 32 heavy (non-hydrogen) atoms. The molecule has 0 bridgehead atoms. The van der Waals surface area contributed by atoms with Crippen LogP contribution in [0.25, 0.3) is 0 Å². The van der Waals surface area contributed by atoms with Gasteiger partial charge < -0.3 is 19.7 Å². The van der Waals surface area contributed by atoms with Crippen molar-refractivity contribution >= 4 is 29.9 Å². The van der Waals surface area contributed by atoms with Crippen LogP contribution in [0.2, 0.25) is 0 Å². The summed E-state index contributed by atoms with van der Waals surface area (Å²) in [6, 6.07) is -0.719. The van der Waals surface area contributed by atoms with Crippen LogP contribution in [0.5, 0.6) is 0 Å². The molecular weight excluding hydrogens is 430 g/mol. The second-order valence-electron chi connectivity index (χ2n) is 9.56. The fourth-order valence-corrected chi connectivity index (χ4v) is 6.44. The Morgan fingerprint density at radius 1 is 1.38 bits per heavy atom. The van der Waals surface area contributed by atoms with Crippen molar-refractivity contribution < 1.29 is 19.8 Å². The van der Waals surface area contributed by atoms with Crippen molar-refractivity contribution in [2.45, 2.75) is 69.1 Å². The maximum Gasteiger partial charge on any atom is 0.322 e. The maximum atomic E-state index is 12.5. The predicted octanol–water partition coefficient (Wildman–Crippen LogP) is 1.46. The number of hydrogen-bond donors (Lipinski definition) is 2. The average Bonchev–Trinajstić information content (AvgIpc) is 3.21. The molecule has 0 radical (unpaired) electrons. The van der Waals surface area contributed by atoms with E-state index in [0.717, 1.165) is 45.3 Å².